The number of nitrogens with one attached hydrogen (secondary N) is 3. The second-order valence-corrected chi connectivity index (χ2v) is 25.2. The van der Waals surface area contributed by atoms with Crippen LogP contribution in [0, 0.1) is 0 Å². The summed E-state index contributed by atoms with van der Waals surface area (Å²) in [7, 11) is 5.07. The molecule has 0 bridgehead atoms. The third kappa shape index (κ3) is 78.4. The van der Waals surface area contributed by atoms with Crippen LogP contribution in [0.2, 0.25) is 0 Å². The van der Waals surface area contributed by atoms with Crippen LogP contribution in [-0.2, 0) is 76.9 Å². The van der Waals surface area contributed by atoms with Crippen LogP contribution in [0.3, 0.4) is 0 Å². The standard InChI is InChI=1S/2C13H19NO2.C10H15NO.C7H14O2.C7H6O.2C6H13NO2.C4H6O4.C3H5ClO.C3H9NO.C2H3BO2.CH3O.4CH4.2Na/c2*1-11-7-14(9-13(10-15)16-11)8-12-5-3-2-4-6-12;1-9(12)7-11-8-10-5-3-2-4-6-10;1-6(8)3-2-4-7-5-9-7;8-6-7-4-2-1-3-5-7;2*1-5-2-7-3-6(4-8)9-5;1-3(5)7-8-4(2)6;4-1-3-2-5-3;1-3(5)2-4;1-2(4)5-3;1-2;;;;;;/h2*2-6,11,13,15H,7-10H2,1H3;2-6,9,11-12H,7-8H2,1H3;6-8H,2-5H2,1H3;1-6H;2*5-8H,2-4H2,1H3;1-2H3;3H,1-2H2;3,5H,2,4H2,1H3;1H3;1H3;4*1H4;;/q;;;;;;;;;;2*-1;;;;;2*+1/t11-,13+;11-,13-;9-;6-,7?;;5-,6+;5-,6-;;;3-;;;;;;;;/m1111.11..1......../s1. The zero-order valence-electron chi connectivity index (χ0n) is 65.2. The van der Waals surface area contributed by atoms with E-state index in [1.54, 1.807) is 26.0 Å². The van der Waals surface area contributed by atoms with E-state index in [1.165, 1.54) is 23.6 Å². The Morgan fingerprint density at radius 1 is 0.555 bits per heavy atom. The Morgan fingerprint density at radius 2 is 0.891 bits per heavy atom. The van der Waals surface area contributed by atoms with Crippen molar-refractivity contribution in [2.24, 2.45) is 5.73 Å². The minimum Gasteiger partial charge on any atom is -0.857 e. The summed E-state index contributed by atoms with van der Waals surface area (Å²) >= 11 is 5.27. The van der Waals surface area contributed by atoms with Crippen molar-refractivity contribution >= 4 is 43.8 Å². The molecule has 0 amide bonds. The summed E-state index contributed by atoms with van der Waals surface area (Å²) in [5, 5.41) is 79.3. The van der Waals surface area contributed by atoms with Crippen LogP contribution in [0.5, 0.6) is 0 Å². The van der Waals surface area contributed by atoms with Crippen molar-refractivity contribution in [3.63, 3.8) is 0 Å². The number of aldehydes is 1. The molecule has 27 nitrogen and oxygen atoms in total. The summed E-state index contributed by atoms with van der Waals surface area (Å²) in [5.74, 6) is -1.08. The smallest absolute Gasteiger partial charge is 0.857 e. The van der Waals surface area contributed by atoms with Crippen molar-refractivity contribution in [1.29, 1.82) is 0 Å². The van der Waals surface area contributed by atoms with Crippen LogP contribution < -0.4 is 85.9 Å². The minimum atomic E-state index is -0.639. The number of carbonyl (C=O) groups is 4. The summed E-state index contributed by atoms with van der Waals surface area (Å²) in [4.78, 5) is 51.5. The number of hydrogen-bond donors (Lipinski definition) is 11. The number of carbonyl (C=O) groups excluding carboxylic acids is 4. The largest absolute Gasteiger partial charge is 1.00 e. The van der Waals surface area contributed by atoms with Crippen LogP contribution in [-0.4, -0.2) is 275 Å². The number of nitrogens with zero attached hydrogens (tertiary/aromatic N) is 2. The summed E-state index contributed by atoms with van der Waals surface area (Å²) < 4.78 is 35.2. The van der Waals surface area contributed by atoms with Gasteiger partial charge in [-0.05, 0) is 84.4 Å². The molecule has 6 fully saturated rings. The molecule has 31 heteroatoms. The van der Waals surface area contributed by atoms with Gasteiger partial charge >= 0.3 is 71.1 Å². The van der Waals surface area contributed by atoms with Crippen LogP contribution in [0.4, 0.5) is 0 Å². The van der Waals surface area contributed by atoms with Gasteiger partial charge in [-0.1, -0.05) is 151 Å². The van der Waals surface area contributed by atoms with E-state index in [0.717, 1.165) is 137 Å². The second-order valence-electron chi connectivity index (χ2n) is 24.9. The van der Waals surface area contributed by atoms with Crippen LogP contribution in [0.1, 0.15) is 145 Å². The summed E-state index contributed by atoms with van der Waals surface area (Å²) in [6, 6.07) is 40.1. The zero-order chi connectivity index (χ0) is 78.3. The first-order valence-electron chi connectivity index (χ1n) is 35.2. The van der Waals surface area contributed by atoms with Gasteiger partial charge in [-0.3, -0.25) is 19.4 Å². The number of rotatable bonds is 19. The van der Waals surface area contributed by atoms with Crippen molar-refractivity contribution in [2.75, 3.05) is 118 Å². The monoisotopic (exact) mass is 1600 g/mol. The van der Waals surface area contributed by atoms with E-state index in [0.29, 0.717) is 31.2 Å². The Hall–Kier alpha value is -3.49. The normalized spacial score (nSPS) is 21.3. The molecule has 6 heterocycles. The minimum absolute atomic E-state index is 0. The number of ether oxygens (including phenoxy) is 6. The van der Waals surface area contributed by atoms with Gasteiger partial charge in [-0.2, -0.15) is 7.11 Å². The molecule has 13 atom stereocenters. The molecule has 6 aliphatic heterocycles. The molecule has 0 aromatic heterocycles. The van der Waals surface area contributed by atoms with Crippen molar-refractivity contribution in [3.05, 3.63) is 144 Å². The quantitative estimate of drug-likeness (QED) is 0.0147. The van der Waals surface area contributed by atoms with E-state index in [1.807, 2.05) is 69.3 Å². The van der Waals surface area contributed by atoms with Crippen molar-refractivity contribution in [2.45, 2.75) is 217 Å². The number of nitrogens with two attached hydrogens (primary N) is 1. The molecule has 0 saturated carbocycles. The second kappa shape index (κ2) is 82.1. The van der Waals surface area contributed by atoms with Gasteiger partial charge < -0.3 is 104 Å². The molecule has 10 rings (SSSR count). The molecule has 2 unspecified atom stereocenters. The Kier molecular flexibility index (Phi) is 91.2. The molecular formula is C79H141BClN6Na2O21. The predicted molar refractivity (Wildman–Crippen MR) is 427 cm³/mol. The van der Waals surface area contributed by atoms with Gasteiger partial charge in [0.05, 0.1) is 125 Å². The fourth-order valence-corrected chi connectivity index (χ4v) is 9.27. The third-order valence-electron chi connectivity index (χ3n) is 14.0. The number of morpholine rings is 4. The zero-order valence-corrected chi connectivity index (χ0v) is 69.9. The van der Waals surface area contributed by atoms with Crippen molar-refractivity contribution in [1.82, 2.24) is 25.8 Å². The van der Waals surface area contributed by atoms with Crippen molar-refractivity contribution < 1.29 is 162 Å². The maximum Gasteiger partial charge on any atom is 1.00 e. The van der Waals surface area contributed by atoms with E-state index in [4.69, 9.17) is 86.6 Å². The topological polar surface area (TPSA) is 391 Å². The van der Waals surface area contributed by atoms with Crippen LogP contribution in [0.25, 0.3) is 0 Å². The first-order valence-corrected chi connectivity index (χ1v) is 35.8. The average molecular weight is 1600 g/mol. The maximum absolute atomic E-state index is 10.0. The van der Waals surface area contributed by atoms with Gasteiger partial charge in [-0.25, -0.2) is 19.4 Å². The number of hydrogen-bond acceptors (Lipinski definition) is 27. The van der Waals surface area contributed by atoms with Gasteiger partial charge in [0.1, 0.15) is 6.29 Å². The maximum atomic E-state index is 10.0. The summed E-state index contributed by atoms with van der Waals surface area (Å²) in [6.45, 7) is 29.7. The van der Waals surface area contributed by atoms with Gasteiger partial charge in [-0.15, -0.1) is 11.6 Å². The van der Waals surface area contributed by atoms with Crippen LogP contribution in [0.15, 0.2) is 121 Å². The van der Waals surface area contributed by atoms with Gasteiger partial charge in [0, 0.05) is 111 Å². The van der Waals surface area contributed by atoms with E-state index in [9.17, 15) is 19.2 Å². The molecule has 625 valence electrons. The molecule has 6 aliphatic rings. The Morgan fingerprint density at radius 3 is 1.14 bits per heavy atom. The number of benzene rings is 4. The Bertz CT molecular complexity index is 2520. The van der Waals surface area contributed by atoms with Gasteiger partial charge in [0.25, 0.3) is 0 Å². The number of alkyl halides is 1. The Balaban J connectivity index is -0.000000175. The molecule has 4 aromatic carbocycles. The first-order chi connectivity index (χ1) is 49.8. The number of halogens is 1. The predicted octanol–water partition coefficient (Wildman–Crippen LogP) is -0.0206. The fourth-order valence-electron chi connectivity index (χ4n) is 9.09. The van der Waals surface area contributed by atoms with Gasteiger partial charge in [0.15, 0.2) is 0 Å². The van der Waals surface area contributed by atoms with Gasteiger partial charge in [0.2, 0.25) is 5.97 Å². The fraction of sp³-hybridized carbons (Fsp3) is 0.646. The number of aliphatic hydroxyl groups excluding tert-OH is 7. The molecule has 110 heavy (non-hydrogen) atoms. The molecule has 6 saturated heterocycles. The van der Waals surface area contributed by atoms with Crippen LogP contribution >= 0.6 is 11.6 Å². The average Bonchev–Trinajstić information content (AvgIpc) is 1.85. The number of aliphatic hydroxyl groups is 7. The van der Waals surface area contributed by atoms with E-state index < -0.39 is 17.9 Å². The molecule has 3 radical (unpaired) electrons. The molecular weight excluding hydrogens is 1460 g/mol. The SMILES string of the molecule is C.C.C.C.CC(=O)OOC(C)=O.C[C@@H](O)CCCC1CO1.C[C@@H](O)CN.C[C@@H](O)CNCc1ccccc1.C[C@@H]1CN(Cc2ccccc2)C[C@@H](CO)O1.C[C@@H]1CN(Cc2ccccc2)C[C@H](CO)O1.C[C@@H]1CNC[C@@H](CO)O1.C[C@@H]1CNC[C@H](CO)O1.C[O-].ClCC1CO1.O=Cc1ccccc1.[B-]OC(C)=O.[Na+].[Na+]. The van der Waals surface area contributed by atoms with E-state index >= 15 is 0 Å². The molecule has 12 N–H and O–H groups in total. The Labute approximate surface area is 711 Å². The summed E-state index contributed by atoms with van der Waals surface area (Å²) in [6.07, 6.45) is 5.01. The van der Waals surface area contributed by atoms with E-state index in [-0.39, 0.29) is 182 Å². The van der Waals surface area contributed by atoms with Crippen molar-refractivity contribution in [3.8, 4) is 0 Å². The third-order valence-corrected chi connectivity index (χ3v) is 14.4. The first kappa shape index (κ1) is 122. The van der Waals surface area contributed by atoms with E-state index in [2.05, 4.69) is 123 Å². The molecule has 0 aliphatic carbocycles. The summed E-state index contributed by atoms with van der Waals surface area (Å²) in [5.41, 5.74) is 9.53. The molecule has 4 aromatic rings. The number of epoxide rings is 2. The molecule has 0 spiro atoms.